The number of amides is 1. The Kier molecular flexibility index (Phi) is 8.44. The number of nitrogens with one attached hydrogen (secondary N) is 1. The zero-order valence-electron chi connectivity index (χ0n) is 18.1. The van der Waals surface area contributed by atoms with Crippen LogP contribution in [0.25, 0.3) is 11.3 Å². The van der Waals surface area contributed by atoms with Crippen molar-refractivity contribution in [2.75, 3.05) is 32.2 Å². The van der Waals surface area contributed by atoms with Crippen LogP contribution >= 0.6 is 11.3 Å². The number of hydrogen-bond donors (Lipinski definition) is 1. The molecule has 0 atom stereocenters. The second-order valence-electron chi connectivity index (χ2n) is 6.87. The molecular formula is C24H28N2O4S. The van der Waals surface area contributed by atoms with Crippen molar-refractivity contribution in [3.05, 3.63) is 59.0 Å². The number of methoxy groups -OCH3 is 1. The van der Waals surface area contributed by atoms with Gasteiger partial charge in [-0.1, -0.05) is 31.2 Å². The highest BCUT2D eigenvalue weighted by Crippen LogP contribution is 2.30. The lowest BCUT2D eigenvalue weighted by molar-refractivity contribution is 0.102. The fraction of sp³-hybridized carbons (Fsp3) is 0.333. The van der Waals surface area contributed by atoms with E-state index in [1.54, 1.807) is 25.3 Å². The summed E-state index contributed by atoms with van der Waals surface area (Å²) in [6.07, 6.45) is 1.78. The maximum Gasteiger partial charge on any atom is 0.257 e. The van der Waals surface area contributed by atoms with E-state index in [1.165, 1.54) is 16.9 Å². The molecule has 7 heteroatoms. The smallest absolute Gasteiger partial charge is 0.257 e. The van der Waals surface area contributed by atoms with Crippen LogP contribution in [0.1, 0.15) is 36.2 Å². The van der Waals surface area contributed by atoms with Gasteiger partial charge >= 0.3 is 0 Å². The van der Waals surface area contributed by atoms with Crippen LogP contribution in [0.4, 0.5) is 5.13 Å². The number of aromatic nitrogens is 1. The first-order chi connectivity index (χ1) is 15.1. The minimum absolute atomic E-state index is 0.237. The Morgan fingerprint density at radius 2 is 1.84 bits per heavy atom. The first-order valence-electron chi connectivity index (χ1n) is 10.4. The van der Waals surface area contributed by atoms with Crippen molar-refractivity contribution in [1.29, 1.82) is 0 Å². The molecule has 0 radical (unpaired) electrons. The Morgan fingerprint density at radius 3 is 2.55 bits per heavy atom. The van der Waals surface area contributed by atoms with Gasteiger partial charge < -0.3 is 14.2 Å². The van der Waals surface area contributed by atoms with Crippen LogP contribution in [0.5, 0.6) is 11.5 Å². The fourth-order valence-electron chi connectivity index (χ4n) is 2.94. The molecule has 0 spiro atoms. The van der Waals surface area contributed by atoms with E-state index in [0.29, 0.717) is 42.0 Å². The predicted octanol–water partition coefficient (Wildman–Crippen LogP) is 5.44. The molecule has 0 fully saturated rings. The molecule has 3 aromatic rings. The van der Waals surface area contributed by atoms with Gasteiger partial charge in [-0.15, -0.1) is 11.3 Å². The van der Waals surface area contributed by atoms with Crippen molar-refractivity contribution in [2.24, 2.45) is 0 Å². The SMILES string of the molecule is CCCOc1ccc(C(=O)Nc2nc(-c3ccc(CCOC)cc3)cs2)cc1OCC. The molecule has 31 heavy (non-hydrogen) atoms. The highest BCUT2D eigenvalue weighted by Gasteiger charge is 2.14. The Morgan fingerprint density at radius 1 is 1.03 bits per heavy atom. The Bertz CT molecular complexity index is 985. The molecule has 0 aliphatic heterocycles. The van der Waals surface area contributed by atoms with E-state index in [0.717, 1.165) is 24.1 Å². The van der Waals surface area contributed by atoms with Crippen LogP contribution in [0.2, 0.25) is 0 Å². The lowest BCUT2D eigenvalue weighted by Crippen LogP contribution is -2.12. The second kappa shape index (κ2) is 11.5. The lowest BCUT2D eigenvalue weighted by atomic mass is 10.1. The number of anilines is 1. The molecule has 164 valence electrons. The minimum Gasteiger partial charge on any atom is -0.490 e. The number of carbonyl (C=O) groups excluding carboxylic acids is 1. The Balaban J connectivity index is 1.68. The van der Waals surface area contributed by atoms with Gasteiger partial charge in [0.15, 0.2) is 16.6 Å². The summed E-state index contributed by atoms with van der Waals surface area (Å²) in [6, 6.07) is 13.4. The van der Waals surface area contributed by atoms with Gasteiger partial charge in [-0.05, 0) is 43.5 Å². The third kappa shape index (κ3) is 6.29. The quantitative estimate of drug-likeness (QED) is 0.430. The third-order valence-electron chi connectivity index (χ3n) is 4.54. The van der Waals surface area contributed by atoms with Gasteiger partial charge in [-0.3, -0.25) is 10.1 Å². The van der Waals surface area contributed by atoms with Crippen molar-refractivity contribution in [2.45, 2.75) is 26.7 Å². The molecule has 6 nitrogen and oxygen atoms in total. The third-order valence-corrected chi connectivity index (χ3v) is 5.29. The number of ether oxygens (including phenoxy) is 3. The number of hydrogen-bond acceptors (Lipinski definition) is 6. The molecule has 0 bridgehead atoms. The molecule has 1 amide bonds. The topological polar surface area (TPSA) is 69.7 Å². The van der Waals surface area contributed by atoms with Crippen LogP contribution in [-0.4, -0.2) is 37.8 Å². The maximum absolute atomic E-state index is 12.7. The Labute approximate surface area is 187 Å². The van der Waals surface area contributed by atoms with Crippen molar-refractivity contribution in [1.82, 2.24) is 4.98 Å². The minimum atomic E-state index is -0.237. The monoisotopic (exact) mass is 440 g/mol. The second-order valence-corrected chi connectivity index (χ2v) is 7.73. The first kappa shape index (κ1) is 22.8. The van der Waals surface area contributed by atoms with Crippen molar-refractivity contribution in [3.63, 3.8) is 0 Å². The molecule has 0 unspecified atom stereocenters. The molecule has 1 heterocycles. The Hall–Kier alpha value is -2.90. The van der Waals surface area contributed by atoms with Gasteiger partial charge in [-0.2, -0.15) is 0 Å². The molecular weight excluding hydrogens is 412 g/mol. The zero-order valence-corrected chi connectivity index (χ0v) is 19.0. The summed E-state index contributed by atoms with van der Waals surface area (Å²) in [6.45, 7) is 5.73. The van der Waals surface area contributed by atoms with Crippen molar-refractivity contribution in [3.8, 4) is 22.8 Å². The summed E-state index contributed by atoms with van der Waals surface area (Å²) in [4.78, 5) is 17.3. The summed E-state index contributed by atoms with van der Waals surface area (Å²) < 4.78 is 16.5. The van der Waals surface area contributed by atoms with E-state index in [4.69, 9.17) is 14.2 Å². The molecule has 0 aliphatic carbocycles. The molecule has 0 aliphatic rings. The number of thiazole rings is 1. The van der Waals surface area contributed by atoms with Crippen LogP contribution in [0.15, 0.2) is 47.8 Å². The highest BCUT2D eigenvalue weighted by molar-refractivity contribution is 7.14. The molecule has 1 aromatic heterocycles. The van der Waals surface area contributed by atoms with Crippen molar-refractivity contribution >= 4 is 22.4 Å². The fourth-order valence-corrected chi connectivity index (χ4v) is 3.66. The van der Waals surface area contributed by atoms with Gasteiger partial charge in [0.2, 0.25) is 0 Å². The van der Waals surface area contributed by atoms with Crippen LogP contribution in [0.3, 0.4) is 0 Å². The van der Waals surface area contributed by atoms with E-state index in [-0.39, 0.29) is 5.91 Å². The van der Waals surface area contributed by atoms with Crippen molar-refractivity contribution < 1.29 is 19.0 Å². The van der Waals surface area contributed by atoms with E-state index in [9.17, 15) is 4.79 Å². The zero-order chi connectivity index (χ0) is 22.1. The largest absolute Gasteiger partial charge is 0.490 e. The molecule has 3 rings (SSSR count). The van der Waals surface area contributed by atoms with Gasteiger partial charge in [0, 0.05) is 23.6 Å². The number of benzene rings is 2. The maximum atomic E-state index is 12.7. The summed E-state index contributed by atoms with van der Waals surface area (Å²) in [7, 11) is 1.70. The average molecular weight is 441 g/mol. The normalized spacial score (nSPS) is 10.7. The van der Waals surface area contributed by atoms with Gasteiger partial charge in [-0.25, -0.2) is 4.98 Å². The first-order valence-corrected chi connectivity index (χ1v) is 11.3. The predicted molar refractivity (Wildman–Crippen MR) is 124 cm³/mol. The summed E-state index contributed by atoms with van der Waals surface area (Å²) in [5.41, 5.74) is 3.54. The van der Waals surface area contributed by atoms with Crippen LogP contribution < -0.4 is 14.8 Å². The van der Waals surface area contributed by atoms with Crippen LogP contribution in [0, 0.1) is 0 Å². The molecule has 1 N–H and O–H groups in total. The molecule has 0 saturated heterocycles. The van der Waals surface area contributed by atoms with E-state index in [2.05, 4.69) is 22.4 Å². The van der Waals surface area contributed by atoms with E-state index < -0.39 is 0 Å². The summed E-state index contributed by atoms with van der Waals surface area (Å²) in [5.74, 6) is 0.974. The number of rotatable bonds is 11. The highest BCUT2D eigenvalue weighted by atomic mass is 32.1. The van der Waals surface area contributed by atoms with Gasteiger partial charge in [0.25, 0.3) is 5.91 Å². The summed E-state index contributed by atoms with van der Waals surface area (Å²) >= 11 is 1.40. The molecule has 0 saturated carbocycles. The standard InChI is InChI=1S/C24H28N2O4S/c1-4-13-30-21-11-10-19(15-22(21)29-5-2)23(27)26-24-25-20(16-31-24)18-8-6-17(7-9-18)12-14-28-3/h6-11,15-16H,4-5,12-14H2,1-3H3,(H,25,26,27). The van der Waals surface area contributed by atoms with E-state index >= 15 is 0 Å². The summed E-state index contributed by atoms with van der Waals surface area (Å²) in [5, 5.41) is 5.36. The number of carbonyl (C=O) groups is 1. The van der Waals surface area contributed by atoms with Gasteiger partial charge in [0.05, 0.1) is 25.5 Å². The van der Waals surface area contributed by atoms with E-state index in [1.807, 2.05) is 31.4 Å². The molecule has 2 aromatic carbocycles. The van der Waals surface area contributed by atoms with Crippen LogP contribution in [-0.2, 0) is 11.2 Å². The lowest BCUT2D eigenvalue weighted by Gasteiger charge is -2.12. The van der Waals surface area contributed by atoms with Gasteiger partial charge in [0.1, 0.15) is 0 Å². The number of nitrogens with zero attached hydrogens (tertiary/aromatic N) is 1. The average Bonchev–Trinajstić information content (AvgIpc) is 3.25.